The van der Waals surface area contributed by atoms with Crippen LogP contribution in [0.3, 0.4) is 0 Å². The van der Waals surface area contributed by atoms with E-state index in [-0.39, 0.29) is 36.8 Å². The maximum Gasteiger partial charge on any atom is 0.387 e. The van der Waals surface area contributed by atoms with Gasteiger partial charge in [0.1, 0.15) is 0 Å². The number of carbonyl (C=O) groups excluding carboxylic acids is 2. The van der Waals surface area contributed by atoms with Crippen LogP contribution in [-0.4, -0.2) is 42.8 Å². The first kappa shape index (κ1) is 20.9. The molecule has 1 aliphatic heterocycles. The predicted octanol–water partition coefficient (Wildman–Crippen LogP) is 3.75. The molecule has 0 bridgehead atoms. The molecule has 0 spiro atoms. The van der Waals surface area contributed by atoms with E-state index in [1.54, 1.807) is 25.7 Å². The Hall–Kier alpha value is -2.84. The molecule has 7 nitrogen and oxygen atoms in total. The molecule has 1 aliphatic carbocycles. The van der Waals surface area contributed by atoms with Gasteiger partial charge in [-0.15, -0.1) is 0 Å². The van der Waals surface area contributed by atoms with Crippen molar-refractivity contribution in [3.63, 3.8) is 0 Å². The van der Waals surface area contributed by atoms with E-state index in [0.717, 1.165) is 12.8 Å². The number of esters is 1. The second-order valence-electron chi connectivity index (χ2n) is 6.72. The summed E-state index contributed by atoms with van der Waals surface area (Å²) in [6, 6.07) is 3.31. The summed E-state index contributed by atoms with van der Waals surface area (Å²) >= 11 is 0. The molecule has 1 fully saturated rings. The average Bonchev–Trinajstić information content (AvgIpc) is 3.47. The molecule has 1 atom stereocenters. The molecule has 0 aromatic heterocycles. The Balaban J connectivity index is 2.03. The molecule has 1 aromatic rings. The van der Waals surface area contributed by atoms with Gasteiger partial charge < -0.3 is 19.5 Å². The van der Waals surface area contributed by atoms with Gasteiger partial charge in [-0.05, 0) is 51.3 Å². The number of carbonyl (C=O) groups is 2. The van der Waals surface area contributed by atoms with Crippen LogP contribution in [0, 0.1) is 0 Å². The number of hydrogen-bond acceptors (Lipinski definition) is 5. The Labute approximate surface area is 167 Å². The highest BCUT2D eigenvalue weighted by Crippen LogP contribution is 2.40. The number of nitrogens with one attached hydrogen (secondary N) is 1. The van der Waals surface area contributed by atoms with Crippen LogP contribution in [0.5, 0.6) is 11.5 Å². The molecule has 9 heteroatoms. The zero-order valence-corrected chi connectivity index (χ0v) is 16.5. The first-order valence-electron chi connectivity index (χ1n) is 9.56. The van der Waals surface area contributed by atoms with Gasteiger partial charge >= 0.3 is 18.6 Å². The number of alkyl halides is 2. The molecule has 29 heavy (non-hydrogen) atoms. The fourth-order valence-electron chi connectivity index (χ4n) is 3.42. The van der Waals surface area contributed by atoms with Gasteiger partial charge in [-0.25, -0.2) is 9.59 Å². The first-order chi connectivity index (χ1) is 13.9. The van der Waals surface area contributed by atoms with Gasteiger partial charge in [0.05, 0.1) is 24.8 Å². The van der Waals surface area contributed by atoms with Gasteiger partial charge in [0, 0.05) is 11.7 Å². The van der Waals surface area contributed by atoms with Crippen LogP contribution < -0.4 is 14.8 Å². The summed E-state index contributed by atoms with van der Waals surface area (Å²) in [5.41, 5.74) is 1.34. The number of allylic oxidation sites excluding steroid dienone is 1. The lowest BCUT2D eigenvalue weighted by atomic mass is 9.94. The van der Waals surface area contributed by atoms with Crippen molar-refractivity contribution in [3.05, 3.63) is 35.0 Å². The molecule has 1 aromatic carbocycles. The number of halogens is 2. The minimum Gasteiger partial charge on any atom is -0.490 e. The molecular weight excluding hydrogens is 386 g/mol. The number of benzene rings is 1. The highest BCUT2D eigenvalue weighted by atomic mass is 19.3. The summed E-state index contributed by atoms with van der Waals surface area (Å²) in [6.07, 6.45) is 1.75. The van der Waals surface area contributed by atoms with Gasteiger partial charge in [0.2, 0.25) is 0 Å². The Morgan fingerprint density at radius 1 is 1.24 bits per heavy atom. The molecule has 0 saturated heterocycles. The van der Waals surface area contributed by atoms with Gasteiger partial charge in [-0.1, -0.05) is 6.07 Å². The number of hydrogen-bond donors (Lipinski definition) is 1. The zero-order chi connectivity index (χ0) is 21.1. The van der Waals surface area contributed by atoms with Crippen LogP contribution in [0.4, 0.5) is 13.6 Å². The standard InChI is InChI=1S/C20H24F2N2O5/c1-4-27-15-10-12(6-9-14(15)29-19(21)22)17-16(18(25)28-5-2)11(3)24(13-7-8-13)20(26)23-17/h6,9-10,13,17,19H,4-5,7-8H2,1-3H3,(H,23,26)/t17-/m0/s1. The average molecular weight is 410 g/mol. The fourth-order valence-corrected chi connectivity index (χ4v) is 3.42. The monoisotopic (exact) mass is 410 g/mol. The molecule has 1 saturated carbocycles. The van der Waals surface area contributed by atoms with Crippen LogP contribution in [0.1, 0.15) is 45.2 Å². The Kier molecular flexibility index (Phi) is 6.24. The number of nitrogens with zero attached hydrogens (tertiary/aromatic N) is 1. The van der Waals surface area contributed by atoms with Crippen molar-refractivity contribution in [2.45, 2.75) is 52.3 Å². The van der Waals surface area contributed by atoms with E-state index < -0.39 is 18.6 Å². The molecule has 0 unspecified atom stereocenters. The third-order valence-electron chi connectivity index (χ3n) is 4.75. The van der Waals surface area contributed by atoms with E-state index in [9.17, 15) is 18.4 Å². The van der Waals surface area contributed by atoms with Crippen molar-refractivity contribution in [3.8, 4) is 11.5 Å². The van der Waals surface area contributed by atoms with E-state index in [4.69, 9.17) is 9.47 Å². The Morgan fingerprint density at radius 3 is 2.55 bits per heavy atom. The molecule has 1 N–H and O–H groups in total. The quantitative estimate of drug-likeness (QED) is 0.661. The first-order valence-corrected chi connectivity index (χ1v) is 9.56. The minimum absolute atomic E-state index is 0.0705. The molecule has 2 aliphatic rings. The van der Waals surface area contributed by atoms with Crippen molar-refractivity contribution in [2.24, 2.45) is 0 Å². The number of amides is 2. The van der Waals surface area contributed by atoms with Crippen LogP contribution in [-0.2, 0) is 9.53 Å². The van der Waals surface area contributed by atoms with Crippen molar-refractivity contribution in [1.82, 2.24) is 10.2 Å². The van der Waals surface area contributed by atoms with E-state index >= 15 is 0 Å². The Morgan fingerprint density at radius 2 is 1.97 bits per heavy atom. The lowest BCUT2D eigenvalue weighted by Gasteiger charge is -2.35. The fraction of sp³-hybridized carbons (Fsp3) is 0.500. The maximum absolute atomic E-state index is 12.7. The number of rotatable bonds is 8. The van der Waals surface area contributed by atoms with Crippen LogP contribution >= 0.6 is 0 Å². The normalized spacial score (nSPS) is 19.3. The third kappa shape index (κ3) is 4.44. The van der Waals surface area contributed by atoms with Gasteiger partial charge in [-0.2, -0.15) is 8.78 Å². The zero-order valence-electron chi connectivity index (χ0n) is 16.5. The molecule has 3 rings (SSSR count). The highest BCUT2D eigenvalue weighted by Gasteiger charge is 2.42. The number of urea groups is 1. The molecule has 0 radical (unpaired) electrons. The van der Waals surface area contributed by atoms with Crippen LogP contribution in [0.15, 0.2) is 29.5 Å². The number of ether oxygens (including phenoxy) is 3. The van der Waals surface area contributed by atoms with Crippen molar-refractivity contribution in [1.29, 1.82) is 0 Å². The SMILES string of the molecule is CCOC(=O)C1=C(C)N(C2CC2)C(=O)N[C@H]1c1ccc(OC(F)F)c(OCC)c1. The molecule has 2 amide bonds. The van der Waals surface area contributed by atoms with E-state index in [1.165, 1.54) is 18.2 Å². The topological polar surface area (TPSA) is 77.1 Å². The summed E-state index contributed by atoms with van der Waals surface area (Å²) < 4.78 is 40.5. The van der Waals surface area contributed by atoms with Crippen molar-refractivity contribution >= 4 is 12.0 Å². The van der Waals surface area contributed by atoms with Crippen molar-refractivity contribution < 1.29 is 32.6 Å². The van der Waals surface area contributed by atoms with Crippen LogP contribution in [0.2, 0.25) is 0 Å². The minimum atomic E-state index is -3.00. The largest absolute Gasteiger partial charge is 0.490 e. The Bertz CT molecular complexity index is 823. The van der Waals surface area contributed by atoms with Gasteiger partial charge in [0.15, 0.2) is 11.5 Å². The van der Waals surface area contributed by atoms with Crippen molar-refractivity contribution in [2.75, 3.05) is 13.2 Å². The lowest BCUT2D eigenvalue weighted by Crippen LogP contribution is -2.48. The predicted molar refractivity (Wildman–Crippen MR) is 99.7 cm³/mol. The lowest BCUT2D eigenvalue weighted by molar-refractivity contribution is -0.139. The smallest absolute Gasteiger partial charge is 0.387 e. The highest BCUT2D eigenvalue weighted by molar-refractivity contribution is 5.95. The van der Waals surface area contributed by atoms with E-state index in [0.29, 0.717) is 16.8 Å². The summed E-state index contributed by atoms with van der Waals surface area (Å²) in [6.45, 7) is 2.54. The molecular formula is C20H24F2N2O5. The summed E-state index contributed by atoms with van der Waals surface area (Å²) in [5.74, 6) is -0.553. The second kappa shape index (κ2) is 8.67. The van der Waals surface area contributed by atoms with Crippen LogP contribution in [0.25, 0.3) is 0 Å². The van der Waals surface area contributed by atoms with E-state index in [1.807, 2.05) is 0 Å². The molecule has 1 heterocycles. The summed E-state index contributed by atoms with van der Waals surface area (Å²) in [5, 5.41) is 2.84. The molecule has 158 valence electrons. The third-order valence-corrected chi connectivity index (χ3v) is 4.75. The van der Waals surface area contributed by atoms with Gasteiger partial charge in [-0.3, -0.25) is 4.90 Å². The van der Waals surface area contributed by atoms with E-state index in [2.05, 4.69) is 10.1 Å². The summed E-state index contributed by atoms with van der Waals surface area (Å²) in [7, 11) is 0. The maximum atomic E-state index is 12.7. The summed E-state index contributed by atoms with van der Waals surface area (Å²) in [4.78, 5) is 27.0. The second-order valence-corrected chi connectivity index (χ2v) is 6.72. The van der Waals surface area contributed by atoms with Gasteiger partial charge in [0.25, 0.3) is 0 Å².